The molecule has 2 N–H and O–H groups in total. The molecule has 1 aromatic heterocycles. The van der Waals surface area contributed by atoms with Crippen LogP contribution in [-0.4, -0.2) is 42.0 Å². The van der Waals surface area contributed by atoms with Gasteiger partial charge in [0.1, 0.15) is 5.82 Å². The van der Waals surface area contributed by atoms with Gasteiger partial charge in [-0.3, -0.25) is 0 Å². The average molecular weight is 432 g/mol. The van der Waals surface area contributed by atoms with Crippen molar-refractivity contribution in [2.75, 3.05) is 24.7 Å². The molecule has 31 heavy (non-hydrogen) atoms. The molecule has 5 atom stereocenters. The zero-order valence-corrected chi connectivity index (χ0v) is 17.3. The zero-order chi connectivity index (χ0) is 21.5. The van der Waals surface area contributed by atoms with Crippen molar-refractivity contribution in [2.24, 2.45) is 23.5 Å². The molecule has 0 radical (unpaired) electrons. The Bertz CT molecular complexity index is 935. The van der Waals surface area contributed by atoms with Crippen LogP contribution in [0.1, 0.15) is 32.1 Å². The molecule has 1 saturated carbocycles. The van der Waals surface area contributed by atoms with Gasteiger partial charge in [-0.2, -0.15) is 0 Å². The smallest absolute Gasteiger partial charge is 0.168 e. The van der Waals surface area contributed by atoms with Crippen LogP contribution in [0.5, 0.6) is 0 Å². The topological polar surface area (TPSA) is 64.3 Å². The van der Waals surface area contributed by atoms with Gasteiger partial charge >= 0.3 is 0 Å². The SMILES string of the molecule is NC1CC2CN(c3ccc(-c4cc(F)cc(F)c4F)nn3)C(C[C@@H]3CCCOC3)C2C1. The van der Waals surface area contributed by atoms with E-state index in [1.54, 1.807) is 12.1 Å². The fraction of sp³-hybridized carbons (Fsp3) is 0.565. The second kappa shape index (κ2) is 8.39. The van der Waals surface area contributed by atoms with Crippen molar-refractivity contribution >= 4 is 5.82 Å². The Balaban J connectivity index is 1.40. The maximum Gasteiger partial charge on any atom is 0.168 e. The second-order valence-electron chi connectivity index (χ2n) is 9.22. The van der Waals surface area contributed by atoms with Crippen molar-refractivity contribution in [1.29, 1.82) is 0 Å². The first kappa shape index (κ1) is 20.7. The predicted molar refractivity (Wildman–Crippen MR) is 111 cm³/mol. The van der Waals surface area contributed by atoms with E-state index >= 15 is 0 Å². The van der Waals surface area contributed by atoms with Gasteiger partial charge in [-0.1, -0.05) is 0 Å². The Labute approximate surface area is 179 Å². The summed E-state index contributed by atoms with van der Waals surface area (Å²) >= 11 is 0. The van der Waals surface area contributed by atoms with Gasteiger partial charge in [-0.25, -0.2) is 13.2 Å². The molecule has 5 nitrogen and oxygen atoms in total. The van der Waals surface area contributed by atoms with Crippen LogP contribution in [-0.2, 0) is 4.74 Å². The van der Waals surface area contributed by atoms with Gasteiger partial charge in [0.2, 0.25) is 0 Å². The van der Waals surface area contributed by atoms with E-state index < -0.39 is 17.5 Å². The van der Waals surface area contributed by atoms with E-state index in [9.17, 15) is 13.2 Å². The fourth-order valence-electron chi connectivity index (χ4n) is 5.77. The lowest BCUT2D eigenvalue weighted by atomic mass is 9.85. The first-order valence-electron chi connectivity index (χ1n) is 11.1. The lowest BCUT2D eigenvalue weighted by molar-refractivity contribution is 0.0472. The number of aromatic nitrogens is 2. The Morgan fingerprint density at radius 2 is 2.00 bits per heavy atom. The molecule has 3 heterocycles. The third-order valence-corrected chi connectivity index (χ3v) is 7.15. The van der Waals surface area contributed by atoms with Crippen LogP contribution in [0.4, 0.5) is 19.0 Å². The highest BCUT2D eigenvalue weighted by Crippen LogP contribution is 2.45. The van der Waals surface area contributed by atoms with Gasteiger partial charge in [0, 0.05) is 43.5 Å². The molecule has 1 aliphatic carbocycles. The number of rotatable bonds is 4. The standard InChI is InChI=1S/C23H27F3N4O/c24-15-8-18(23(26)19(25)9-15)20-3-4-22(29-28-20)30-11-14-7-16(27)10-17(14)21(30)6-13-2-1-5-31-12-13/h3-4,8-9,13-14,16-17,21H,1-2,5-7,10-12,27H2/t13-,14?,16?,17?,21?/m0/s1. The molecule has 0 amide bonds. The summed E-state index contributed by atoms with van der Waals surface area (Å²) in [6.07, 6.45) is 5.32. The molecule has 1 aromatic carbocycles. The van der Waals surface area contributed by atoms with E-state index in [1.165, 1.54) is 6.42 Å². The summed E-state index contributed by atoms with van der Waals surface area (Å²) in [5, 5.41) is 8.44. The minimum atomic E-state index is -1.24. The molecular formula is C23H27F3N4O. The highest BCUT2D eigenvalue weighted by atomic mass is 19.2. The van der Waals surface area contributed by atoms with Crippen molar-refractivity contribution in [3.8, 4) is 11.3 Å². The van der Waals surface area contributed by atoms with E-state index in [0.29, 0.717) is 35.7 Å². The van der Waals surface area contributed by atoms with Crippen molar-refractivity contribution in [2.45, 2.75) is 44.2 Å². The maximum atomic E-state index is 14.1. The molecule has 2 aliphatic heterocycles. The summed E-state index contributed by atoms with van der Waals surface area (Å²) in [5.74, 6) is -0.922. The number of benzene rings is 1. The Kier molecular flexibility index (Phi) is 5.60. The van der Waals surface area contributed by atoms with Gasteiger partial charge < -0.3 is 15.4 Å². The number of hydrogen-bond acceptors (Lipinski definition) is 5. The number of fused-ring (bicyclic) bond motifs is 1. The molecule has 5 rings (SSSR count). The van der Waals surface area contributed by atoms with Crippen LogP contribution in [0.3, 0.4) is 0 Å². The van der Waals surface area contributed by atoms with Crippen LogP contribution in [0.15, 0.2) is 24.3 Å². The normalized spacial score (nSPS) is 30.6. The van der Waals surface area contributed by atoms with Gasteiger partial charge in [-0.15, -0.1) is 10.2 Å². The molecule has 2 saturated heterocycles. The molecule has 0 spiro atoms. The minimum absolute atomic E-state index is 0.110. The summed E-state index contributed by atoms with van der Waals surface area (Å²) in [6.45, 7) is 2.50. The largest absolute Gasteiger partial charge is 0.381 e. The minimum Gasteiger partial charge on any atom is -0.381 e. The molecule has 166 valence electrons. The summed E-state index contributed by atoms with van der Waals surface area (Å²) in [5.41, 5.74) is 6.14. The number of hydrogen-bond donors (Lipinski definition) is 1. The quantitative estimate of drug-likeness (QED) is 0.742. The second-order valence-corrected chi connectivity index (χ2v) is 9.22. The van der Waals surface area contributed by atoms with Gasteiger partial charge in [0.25, 0.3) is 0 Å². The fourth-order valence-corrected chi connectivity index (χ4v) is 5.77. The van der Waals surface area contributed by atoms with Crippen LogP contribution < -0.4 is 10.6 Å². The Morgan fingerprint density at radius 3 is 2.74 bits per heavy atom. The average Bonchev–Trinajstić information content (AvgIpc) is 3.28. The van der Waals surface area contributed by atoms with Crippen LogP contribution >= 0.6 is 0 Å². The maximum absolute atomic E-state index is 14.1. The number of anilines is 1. The first-order valence-corrected chi connectivity index (χ1v) is 11.1. The van der Waals surface area contributed by atoms with Crippen LogP contribution in [0, 0.1) is 35.2 Å². The van der Waals surface area contributed by atoms with Crippen molar-refractivity contribution in [3.63, 3.8) is 0 Å². The zero-order valence-electron chi connectivity index (χ0n) is 17.3. The lowest BCUT2D eigenvalue weighted by Crippen LogP contribution is -2.38. The third-order valence-electron chi connectivity index (χ3n) is 7.15. The van der Waals surface area contributed by atoms with Gasteiger partial charge in [0.15, 0.2) is 17.5 Å². The van der Waals surface area contributed by atoms with E-state index in [-0.39, 0.29) is 17.3 Å². The summed E-state index contributed by atoms with van der Waals surface area (Å²) in [6, 6.07) is 5.38. The van der Waals surface area contributed by atoms with Gasteiger partial charge in [0.05, 0.1) is 5.69 Å². The highest BCUT2D eigenvalue weighted by Gasteiger charge is 2.47. The third kappa shape index (κ3) is 4.03. The molecule has 2 aromatic rings. The van der Waals surface area contributed by atoms with Crippen LogP contribution in [0.25, 0.3) is 11.3 Å². The number of nitrogens with zero attached hydrogens (tertiary/aromatic N) is 3. The monoisotopic (exact) mass is 432 g/mol. The van der Waals surface area contributed by atoms with Crippen LogP contribution in [0.2, 0.25) is 0 Å². The number of ether oxygens (including phenoxy) is 1. The molecular weight excluding hydrogens is 405 g/mol. The summed E-state index contributed by atoms with van der Waals surface area (Å²) in [7, 11) is 0. The molecule has 0 bridgehead atoms. The molecule has 8 heteroatoms. The summed E-state index contributed by atoms with van der Waals surface area (Å²) in [4.78, 5) is 2.30. The highest BCUT2D eigenvalue weighted by molar-refractivity contribution is 5.61. The van der Waals surface area contributed by atoms with Gasteiger partial charge in [-0.05, 0) is 68.1 Å². The molecule has 4 unspecified atom stereocenters. The molecule has 3 fully saturated rings. The van der Waals surface area contributed by atoms with Crippen molar-refractivity contribution in [1.82, 2.24) is 10.2 Å². The van der Waals surface area contributed by atoms with E-state index in [1.807, 2.05) is 0 Å². The van der Waals surface area contributed by atoms with E-state index in [0.717, 1.165) is 51.5 Å². The summed E-state index contributed by atoms with van der Waals surface area (Å²) < 4.78 is 47.0. The number of halogens is 3. The Hall–Kier alpha value is -2.19. The first-order chi connectivity index (χ1) is 15.0. The molecule has 3 aliphatic rings. The van der Waals surface area contributed by atoms with E-state index in [2.05, 4.69) is 15.1 Å². The van der Waals surface area contributed by atoms with E-state index in [4.69, 9.17) is 10.5 Å². The number of nitrogens with two attached hydrogens (primary N) is 1. The van der Waals surface area contributed by atoms with Crippen molar-refractivity contribution < 1.29 is 17.9 Å². The Morgan fingerprint density at radius 1 is 1.13 bits per heavy atom. The van der Waals surface area contributed by atoms with Crippen molar-refractivity contribution in [3.05, 3.63) is 41.7 Å². The predicted octanol–water partition coefficient (Wildman–Crippen LogP) is 3.92. The lowest BCUT2D eigenvalue weighted by Gasteiger charge is -2.33.